The number of methoxy groups -OCH3 is 1. The third kappa shape index (κ3) is 4.92. The number of anilines is 1. The first-order valence-corrected chi connectivity index (χ1v) is 9.18. The van der Waals surface area contributed by atoms with Crippen LogP contribution in [0.5, 0.6) is 11.5 Å². The van der Waals surface area contributed by atoms with Crippen molar-refractivity contribution in [2.45, 2.75) is 6.92 Å². The van der Waals surface area contributed by atoms with Crippen LogP contribution in [0.15, 0.2) is 47.4 Å². The number of amides is 3. The standard InChI is InChI=1S/C20H18N2O5S/c1-12-3-6-14(7-4-12)21-18(23)11-27-15-8-5-13(9-16(15)26-2)10-17-19(24)22-20(25)28-17/h3-10H,11H2,1-2H3,(H,21,23)(H,22,24,25)/b17-10-. The van der Waals surface area contributed by atoms with E-state index in [9.17, 15) is 14.4 Å². The molecular weight excluding hydrogens is 380 g/mol. The summed E-state index contributed by atoms with van der Waals surface area (Å²) in [7, 11) is 1.48. The van der Waals surface area contributed by atoms with Crippen molar-refractivity contribution in [1.29, 1.82) is 0 Å². The van der Waals surface area contributed by atoms with Gasteiger partial charge in [-0.2, -0.15) is 0 Å². The number of imide groups is 1. The van der Waals surface area contributed by atoms with E-state index in [-0.39, 0.29) is 12.5 Å². The molecule has 0 radical (unpaired) electrons. The Bertz CT molecular complexity index is 954. The predicted octanol–water partition coefficient (Wildman–Crippen LogP) is 3.35. The van der Waals surface area contributed by atoms with Gasteiger partial charge >= 0.3 is 0 Å². The summed E-state index contributed by atoms with van der Waals surface area (Å²) >= 11 is 0.839. The number of nitrogens with one attached hydrogen (secondary N) is 2. The zero-order valence-corrected chi connectivity index (χ0v) is 16.1. The Balaban J connectivity index is 1.64. The fourth-order valence-corrected chi connectivity index (χ4v) is 3.13. The van der Waals surface area contributed by atoms with Gasteiger partial charge in [0.15, 0.2) is 18.1 Å². The number of carbonyl (C=O) groups is 3. The molecule has 1 heterocycles. The first-order valence-electron chi connectivity index (χ1n) is 8.37. The number of thioether (sulfide) groups is 1. The van der Waals surface area contributed by atoms with Gasteiger partial charge in [0.1, 0.15) is 0 Å². The molecule has 0 aromatic heterocycles. The summed E-state index contributed by atoms with van der Waals surface area (Å²) in [6.45, 7) is 1.79. The molecule has 0 saturated carbocycles. The van der Waals surface area contributed by atoms with Crippen molar-refractivity contribution in [3.8, 4) is 11.5 Å². The third-order valence-electron chi connectivity index (χ3n) is 3.82. The molecule has 8 heteroatoms. The molecule has 0 spiro atoms. The summed E-state index contributed by atoms with van der Waals surface area (Å²) in [6.07, 6.45) is 1.58. The van der Waals surface area contributed by atoms with Crippen LogP contribution in [0.3, 0.4) is 0 Å². The third-order valence-corrected chi connectivity index (χ3v) is 4.63. The molecule has 1 fully saturated rings. The van der Waals surface area contributed by atoms with Crippen molar-refractivity contribution >= 4 is 40.6 Å². The van der Waals surface area contributed by atoms with Gasteiger partial charge in [-0.25, -0.2) is 0 Å². The summed E-state index contributed by atoms with van der Waals surface area (Å²) in [5.74, 6) is 0.0761. The second-order valence-electron chi connectivity index (χ2n) is 5.97. The van der Waals surface area contributed by atoms with Crippen molar-refractivity contribution in [3.05, 3.63) is 58.5 Å². The fourth-order valence-electron chi connectivity index (χ4n) is 2.44. The van der Waals surface area contributed by atoms with E-state index in [1.807, 2.05) is 31.2 Å². The van der Waals surface area contributed by atoms with Crippen molar-refractivity contribution < 1.29 is 23.9 Å². The first-order chi connectivity index (χ1) is 13.4. The topological polar surface area (TPSA) is 93.7 Å². The molecule has 3 rings (SSSR count). The summed E-state index contributed by atoms with van der Waals surface area (Å²) in [5, 5.41) is 4.55. The SMILES string of the molecule is COc1cc(/C=C2\SC(=O)NC2=O)ccc1OCC(=O)Nc1ccc(C)cc1. The maximum atomic E-state index is 12.1. The average molecular weight is 398 g/mol. The van der Waals surface area contributed by atoms with Crippen LogP contribution in [0.4, 0.5) is 10.5 Å². The molecule has 2 aromatic rings. The van der Waals surface area contributed by atoms with Crippen LogP contribution in [-0.4, -0.2) is 30.8 Å². The molecule has 1 saturated heterocycles. The lowest BCUT2D eigenvalue weighted by molar-refractivity contribution is -0.118. The fraction of sp³-hybridized carbons (Fsp3) is 0.150. The summed E-state index contributed by atoms with van der Waals surface area (Å²) in [4.78, 5) is 35.2. The molecule has 3 amide bonds. The van der Waals surface area contributed by atoms with Gasteiger partial charge in [-0.3, -0.25) is 19.7 Å². The minimum absolute atomic E-state index is 0.183. The van der Waals surface area contributed by atoms with E-state index in [0.717, 1.165) is 17.3 Å². The average Bonchev–Trinajstić information content (AvgIpc) is 2.99. The number of rotatable bonds is 6. The van der Waals surface area contributed by atoms with E-state index in [4.69, 9.17) is 9.47 Å². The first kappa shape index (κ1) is 19.5. The van der Waals surface area contributed by atoms with E-state index in [2.05, 4.69) is 10.6 Å². The zero-order chi connectivity index (χ0) is 20.1. The van der Waals surface area contributed by atoms with Crippen LogP contribution < -0.4 is 20.1 Å². The maximum Gasteiger partial charge on any atom is 0.290 e. The van der Waals surface area contributed by atoms with Crippen LogP contribution in [0.2, 0.25) is 0 Å². The van der Waals surface area contributed by atoms with Gasteiger partial charge in [-0.1, -0.05) is 23.8 Å². The number of hydrogen-bond acceptors (Lipinski definition) is 6. The minimum Gasteiger partial charge on any atom is -0.493 e. The Morgan fingerprint density at radius 2 is 1.89 bits per heavy atom. The van der Waals surface area contributed by atoms with Gasteiger partial charge < -0.3 is 14.8 Å². The number of carbonyl (C=O) groups excluding carboxylic acids is 3. The highest BCUT2D eigenvalue weighted by Gasteiger charge is 2.25. The monoisotopic (exact) mass is 398 g/mol. The minimum atomic E-state index is -0.429. The summed E-state index contributed by atoms with van der Waals surface area (Å²) in [5.41, 5.74) is 2.46. The van der Waals surface area contributed by atoms with Gasteiger partial charge in [0.25, 0.3) is 17.1 Å². The molecule has 0 atom stereocenters. The van der Waals surface area contributed by atoms with Gasteiger partial charge in [0, 0.05) is 5.69 Å². The summed E-state index contributed by atoms with van der Waals surface area (Å²) in [6, 6.07) is 12.5. The predicted molar refractivity (Wildman–Crippen MR) is 107 cm³/mol. The van der Waals surface area contributed by atoms with Gasteiger partial charge in [-0.05, 0) is 54.6 Å². The molecule has 1 aliphatic rings. The van der Waals surface area contributed by atoms with Crippen LogP contribution in [0.1, 0.15) is 11.1 Å². The van der Waals surface area contributed by atoms with E-state index in [0.29, 0.717) is 27.7 Å². The molecule has 0 aliphatic carbocycles. The summed E-state index contributed by atoms with van der Waals surface area (Å²) < 4.78 is 10.9. The molecular formula is C20H18N2O5S. The van der Waals surface area contributed by atoms with Crippen LogP contribution in [0.25, 0.3) is 6.08 Å². The number of hydrogen-bond donors (Lipinski definition) is 2. The smallest absolute Gasteiger partial charge is 0.290 e. The Hall–Kier alpha value is -3.26. The van der Waals surface area contributed by atoms with Crippen molar-refractivity contribution in [1.82, 2.24) is 5.32 Å². The molecule has 28 heavy (non-hydrogen) atoms. The van der Waals surface area contributed by atoms with E-state index < -0.39 is 11.1 Å². The molecule has 2 aromatic carbocycles. The van der Waals surface area contributed by atoms with Gasteiger partial charge in [0.05, 0.1) is 12.0 Å². The lowest BCUT2D eigenvalue weighted by Gasteiger charge is -2.12. The number of benzene rings is 2. The molecule has 7 nitrogen and oxygen atoms in total. The molecule has 2 N–H and O–H groups in total. The Kier molecular flexibility index (Phi) is 6.00. The van der Waals surface area contributed by atoms with E-state index in [1.54, 1.807) is 24.3 Å². The van der Waals surface area contributed by atoms with Crippen molar-refractivity contribution in [2.75, 3.05) is 19.0 Å². The zero-order valence-electron chi connectivity index (χ0n) is 15.3. The Morgan fingerprint density at radius 1 is 1.14 bits per heavy atom. The molecule has 144 valence electrons. The van der Waals surface area contributed by atoms with E-state index >= 15 is 0 Å². The lowest BCUT2D eigenvalue weighted by Crippen LogP contribution is -2.20. The number of ether oxygens (including phenoxy) is 2. The largest absolute Gasteiger partial charge is 0.493 e. The second kappa shape index (κ2) is 8.62. The molecule has 1 aliphatic heterocycles. The van der Waals surface area contributed by atoms with Gasteiger partial charge in [-0.15, -0.1) is 0 Å². The van der Waals surface area contributed by atoms with E-state index in [1.165, 1.54) is 7.11 Å². The lowest BCUT2D eigenvalue weighted by atomic mass is 10.2. The second-order valence-corrected chi connectivity index (χ2v) is 6.98. The highest BCUT2D eigenvalue weighted by atomic mass is 32.2. The Morgan fingerprint density at radius 3 is 2.54 bits per heavy atom. The maximum absolute atomic E-state index is 12.1. The normalized spacial score (nSPS) is 14.7. The van der Waals surface area contributed by atoms with Crippen molar-refractivity contribution in [2.24, 2.45) is 0 Å². The number of aryl methyl sites for hydroxylation is 1. The molecule has 0 bridgehead atoms. The molecule has 0 unspecified atom stereocenters. The highest BCUT2D eigenvalue weighted by Crippen LogP contribution is 2.31. The van der Waals surface area contributed by atoms with Crippen molar-refractivity contribution in [3.63, 3.8) is 0 Å². The quantitative estimate of drug-likeness (QED) is 0.725. The van der Waals surface area contributed by atoms with Gasteiger partial charge in [0.2, 0.25) is 0 Å². The Labute approximate surface area is 166 Å². The highest BCUT2D eigenvalue weighted by molar-refractivity contribution is 8.18. The van der Waals surface area contributed by atoms with Crippen LogP contribution in [0, 0.1) is 6.92 Å². The van der Waals surface area contributed by atoms with Crippen LogP contribution >= 0.6 is 11.8 Å². The van der Waals surface area contributed by atoms with Crippen LogP contribution in [-0.2, 0) is 9.59 Å².